The monoisotopic (exact) mass is 267 g/mol. The lowest BCUT2D eigenvalue weighted by molar-refractivity contribution is -0.178. The van der Waals surface area contributed by atoms with Gasteiger partial charge in [-0.25, -0.2) is 0 Å². The SMILES string of the molecule is ClCC1COC2(CCN(c3ccccc3)CC2)O1. The Balaban J connectivity index is 1.62. The Morgan fingerprint density at radius 2 is 1.94 bits per heavy atom. The van der Waals surface area contributed by atoms with Gasteiger partial charge in [-0.2, -0.15) is 0 Å². The van der Waals surface area contributed by atoms with Crippen LogP contribution in [0.25, 0.3) is 0 Å². The second-order valence-corrected chi connectivity index (χ2v) is 5.25. The Morgan fingerprint density at radius 3 is 2.56 bits per heavy atom. The molecule has 0 aromatic heterocycles. The van der Waals surface area contributed by atoms with Crippen LogP contribution < -0.4 is 4.90 Å². The smallest absolute Gasteiger partial charge is 0.172 e. The van der Waals surface area contributed by atoms with Crippen molar-refractivity contribution in [2.24, 2.45) is 0 Å². The Bertz CT molecular complexity index is 390. The molecule has 1 aromatic rings. The fourth-order valence-electron chi connectivity index (χ4n) is 2.70. The van der Waals surface area contributed by atoms with Gasteiger partial charge in [0.1, 0.15) is 0 Å². The summed E-state index contributed by atoms with van der Waals surface area (Å²) in [6.45, 7) is 2.58. The molecule has 98 valence electrons. The molecule has 1 spiro atoms. The highest BCUT2D eigenvalue weighted by Gasteiger charge is 2.43. The topological polar surface area (TPSA) is 21.7 Å². The second kappa shape index (κ2) is 5.08. The van der Waals surface area contributed by atoms with Gasteiger partial charge in [-0.15, -0.1) is 11.6 Å². The normalized spacial score (nSPS) is 26.7. The predicted molar refractivity (Wildman–Crippen MR) is 72.2 cm³/mol. The number of ether oxygens (including phenoxy) is 2. The van der Waals surface area contributed by atoms with Gasteiger partial charge in [0.05, 0.1) is 18.6 Å². The number of hydrogen-bond donors (Lipinski definition) is 0. The van der Waals surface area contributed by atoms with Crippen LogP contribution in [-0.2, 0) is 9.47 Å². The van der Waals surface area contributed by atoms with Gasteiger partial charge in [0, 0.05) is 31.6 Å². The average molecular weight is 268 g/mol. The molecular weight excluding hydrogens is 250 g/mol. The number of anilines is 1. The van der Waals surface area contributed by atoms with Crippen molar-refractivity contribution in [3.05, 3.63) is 30.3 Å². The summed E-state index contributed by atoms with van der Waals surface area (Å²) in [5.74, 6) is 0.148. The predicted octanol–water partition coefficient (Wildman–Crippen LogP) is 2.64. The molecule has 1 unspecified atom stereocenters. The van der Waals surface area contributed by atoms with Crippen molar-refractivity contribution in [3.8, 4) is 0 Å². The summed E-state index contributed by atoms with van der Waals surface area (Å²) in [6, 6.07) is 10.5. The van der Waals surface area contributed by atoms with Crippen molar-refractivity contribution in [1.29, 1.82) is 0 Å². The minimum absolute atomic E-state index is 0.0648. The van der Waals surface area contributed by atoms with E-state index < -0.39 is 0 Å². The summed E-state index contributed by atoms with van der Waals surface area (Å²) in [5.41, 5.74) is 1.28. The van der Waals surface area contributed by atoms with Gasteiger partial charge in [-0.3, -0.25) is 0 Å². The van der Waals surface area contributed by atoms with E-state index in [0.717, 1.165) is 25.9 Å². The molecule has 2 aliphatic heterocycles. The first-order chi connectivity index (χ1) is 8.81. The number of rotatable bonds is 2. The summed E-state index contributed by atoms with van der Waals surface area (Å²) in [7, 11) is 0. The van der Waals surface area contributed by atoms with Crippen molar-refractivity contribution >= 4 is 17.3 Å². The first-order valence-electron chi connectivity index (χ1n) is 6.49. The lowest BCUT2D eigenvalue weighted by Crippen LogP contribution is -2.45. The standard InChI is InChI=1S/C14H18ClNO2/c15-10-13-11-17-14(18-13)6-8-16(9-7-14)12-4-2-1-3-5-12/h1-5,13H,6-11H2. The zero-order valence-electron chi connectivity index (χ0n) is 10.3. The summed E-state index contributed by atoms with van der Waals surface area (Å²) in [4.78, 5) is 2.38. The third-order valence-corrected chi connectivity index (χ3v) is 4.08. The molecule has 0 saturated carbocycles. The van der Waals surface area contributed by atoms with E-state index in [0.29, 0.717) is 12.5 Å². The third kappa shape index (κ3) is 2.35. The summed E-state index contributed by atoms with van der Waals surface area (Å²) >= 11 is 5.82. The molecule has 18 heavy (non-hydrogen) atoms. The zero-order valence-corrected chi connectivity index (χ0v) is 11.1. The van der Waals surface area contributed by atoms with Gasteiger partial charge in [0.2, 0.25) is 0 Å². The summed E-state index contributed by atoms with van der Waals surface area (Å²) in [6.07, 6.45) is 1.89. The number of hydrogen-bond acceptors (Lipinski definition) is 3. The zero-order chi connectivity index (χ0) is 12.4. The van der Waals surface area contributed by atoms with Crippen LogP contribution in [0.15, 0.2) is 30.3 Å². The van der Waals surface area contributed by atoms with Crippen LogP contribution in [0, 0.1) is 0 Å². The van der Waals surface area contributed by atoms with E-state index in [2.05, 4.69) is 29.2 Å². The summed E-state index contributed by atoms with van der Waals surface area (Å²) < 4.78 is 11.8. The highest BCUT2D eigenvalue weighted by atomic mass is 35.5. The Kier molecular flexibility index (Phi) is 3.46. The van der Waals surface area contributed by atoms with Crippen LogP contribution in [0.2, 0.25) is 0 Å². The molecule has 0 amide bonds. The van der Waals surface area contributed by atoms with Gasteiger partial charge in [0.25, 0.3) is 0 Å². The molecule has 2 aliphatic rings. The average Bonchev–Trinajstić information content (AvgIpc) is 2.84. The highest BCUT2D eigenvalue weighted by molar-refractivity contribution is 6.18. The van der Waals surface area contributed by atoms with Gasteiger partial charge in [-0.1, -0.05) is 18.2 Å². The molecule has 0 aliphatic carbocycles. The van der Waals surface area contributed by atoms with Crippen molar-refractivity contribution in [1.82, 2.24) is 0 Å². The molecule has 0 N–H and O–H groups in total. The van der Waals surface area contributed by atoms with E-state index in [-0.39, 0.29) is 11.9 Å². The number of alkyl halides is 1. The Labute approximate surface area is 113 Å². The van der Waals surface area contributed by atoms with E-state index in [1.165, 1.54) is 5.69 Å². The molecular formula is C14H18ClNO2. The molecule has 2 saturated heterocycles. The van der Waals surface area contributed by atoms with Crippen LogP contribution in [-0.4, -0.2) is 37.5 Å². The lowest BCUT2D eigenvalue weighted by atomic mass is 10.0. The highest BCUT2D eigenvalue weighted by Crippen LogP contribution is 2.35. The van der Waals surface area contributed by atoms with Gasteiger partial charge in [-0.05, 0) is 12.1 Å². The largest absolute Gasteiger partial charge is 0.371 e. The fourth-order valence-corrected chi connectivity index (χ4v) is 2.85. The lowest BCUT2D eigenvalue weighted by Gasteiger charge is -2.39. The number of benzene rings is 1. The van der Waals surface area contributed by atoms with Crippen LogP contribution in [0.4, 0.5) is 5.69 Å². The van der Waals surface area contributed by atoms with Crippen molar-refractivity contribution in [2.45, 2.75) is 24.7 Å². The van der Waals surface area contributed by atoms with E-state index in [1.54, 1.807) is 0 Å². The first kappa shape index (κ1) is 12.3. The van der Waals surface area contributed by atoms with E-state index in [9.17, 15) is 0 Å². The second-order valence-electron chi connectivity index (χ2n) is 4.94. The number of piperidine rings is 1. The van der Waals surface area contributed by atoms with Crippen LogP contribution in [0.3, 0.4) is 0 Å². The Morgan fingerprint density at radius 1 is 1.22 bits per heavy atom. The maximum absolute atomic E-state index is 5.94. The first-order valence-corrected chi connectivity index (χ1v) is 7.02. The maximum Gasteiger partial charge on any atom is 0.172 e. The van der Waals surface area contributed by atoms with E-state index in [4.69, 9.17) is 21.1 Å². The number of para-hydroxylation sites is 1. The van der Waals surface area contributed by atoms with Crippen molar-refractivity contribution < 1.29 is 9.47 Å². The Hall–Kier alpha value is -0.770. The molecule has 0 radical (unpaired) electrons. The van der Waals surface area contributed by atoms with Crippen LogP contribution >= 0.6 is 11.6 Å². The molecule has 2 fully saturated rings. The molecule has 0 bridgehead atoms. The quantitative estimate of drug-likeness (QED) is 0.769. The number of nitrogens with zero attached hydrogens (tertiary/aromatic N) is 1. The van der Waals surface area contributed by atoms with Gasteiger partial charge >= 0.3 is 0 Å². The minimum atomic E-state index is -0.370. The molecule has 1 aromatic carbocycles. The van der Waals surface area contributed by atoms with Crippen molar-refractivity contribution in [2.75, 3.05) is 30.5 Å². The molecule has 3 nitrogen and oxygen atoms in total. The summed E-state index contributed by atoms with van der Waals surface area (Å²) in [5, 5.41) is 0. The van der Waals surface area contributed by atoms with Crippen LogP contribution in [0.5, 0.6) is 0 Å². The van der Waals surface area contributed by atoms with E-state index >= 15 is 0 Å². The van der Waals surface area contributed by atoms with Crippen LogP contribution in [0.1, 0.15) is 12.8 Å². The molecule has 1 atom stereocenters. The fraction of sp³-hybridized carbons (Fsp3) is 0.571. The van der Waals surface area contributed by atoms with Gasteiger partial charge in [0.15, 0.2) is 5.79 Å². The third-order valence-electron chi connectivity index (χ3n) is 3.73. The molecule has 3 rings (SSSR count). The molecule has 4 heteroatoms. The van der Waals surface area contributed by atoms with Crippen molar-refractivity contribution in [3.63, 3.8) is 0 Å². The molecule has 2 heterocycles. The van der Waals surface area contributed by atoms with Gasteiger partial charge < -0.3 is 14.4 Å². The van der Waals surface area contributed by atoms with E-state index in [1.807, 2.05) is 6.07 Å². The minimum Gasteiger partial charge on any atom is -0.371 e. The maximum atomic E-state index is 5.94. The number of halogens is 1.